The molecule has 6 nitrogen and oxygen atoms in total. The predicted molar refractivity (Wildman–Crippen MR) is 56.6 cm³/mol. The molecule has 0 aliphatic carbocycles. The quantitative estimate of drug-likeness (QED) is 0.695. The highest BCUT2D eigenvalue weighted by Gasteiger charge is 2.14. The number of benzene rings is 1. The maximum atomic E-state index is 10.9. The lowest BCUT2D eigenvalue weighted by atomic mass is 10.3. The van der Waals surface area contributed by atoms with Crippen molar-refractivity contribution in [3.8, 4) is 11.4 Å². The van der Waals surface area contributed by atoms with Crippen molar-refractivity contribution in [2.45, 2.75) is 0 Å². The highest BCUT2D eigenvalue weighted by Crippen LogP contribution is 2.18. The Morgan fingerprint density at radius 1 is 1.38 bits per heavy atom. The Labute approximate surface area is 90.6 Å². The van der Waals surface area contributed by atoms with E-state index in [1.165, 1.54) is 18.2 Å². The van der Waals surface area contributed by atoms with Crippen LogP contribution >= 0.6 is 0 Å². The number of hydrogen-bond acceptors (Lipinski definition) is 4. The molecule has 0 bridgehead atoms. The fourth-order valence-electron chi connectivity index (χ4n) is 1.37. The summed E-state index contributed by atoms with van der Waals surface area (Å²) in [6.07, 6.45) is 0. The fraction of sp³-hybridized carbons (Fsp3) is 0. The number of nitrogen functional groups attached to an aromatic ring is 1. The standard InChI is InChI=1S/C10H9N3O3/c11-9-5-8(10(15)16)13(12-9)6-2-1-3-7(14)4-6/h1-5,14H,(H2,11,12)(H,15,16). The van der Waals surface area contributed by atoms with Gasteiger partial charge in [0.15, 0.2) is 5.69 Å². The van der Waals surface area contributed by atoms with E-state index in [1.54, 1.807) is 12.1 Å². The van der Waals surface area contributed by atoms with E-state index in [0.717, 1.165) is 4.68 Å². The molecule has 0 aliphatic heterocycles. The van der Waals surface area contributed by atoms with Crippen molar-refractivity contribution in [1.29, 1.82) is 0 Å². The molecule has 1 aromatic carbocycles. The van der Waals surface area contributed by atoms with Crippen LogP contribution in [0.15, 0.2) is 30.3 Å². The first-order valence-electron chi connectivity index (χ1n) is 4.46. The molecular weight excluding hydrogens is 210 g/mol. The molecule has 0 aliphatic rings. The minimum atomic E-state index is -1.13. The van der Waals surface area contributed by atoms with Crippen molar-refractivity contribution < 1.29 is 15.0 Å². The molecular formula is C10H9N3O3. The number of nitrogens with zero attached hydrogens (tertiary/aromatic N) is 2. The maximum absolute atomic E-state index is 10.9. The van der Waals surface area contributed by atoms with Gasteiger partial charge in [-0.1, -0.05) is 6.07 Å². The first kappa shape index (κ1) is 10.0. The van der Waals surface area contributed by atoms with Gasteiger partial charge in [0.25, 0.3) is 0 Å². The lowest BCUT2D eigenvalue weighted by Crippen LogP contribution is -2.07. The second-order valence-electron chi connectivity index (χ2n) is 3.19. The number of aromatic nitrogens is 2. The van der Waals surface area contributed by atoms with Gasteiger partial charge in [0, 0.05) is 12.1 Å². The number of phenolic OH excluding ortho intramolecular Hbond substituents is 1. The second kappa shape index (κ2) is 3.58. The minimum Gasteiger partial charge on any atom is -0.508 e. The highest BCUT2D eigenvalue weighted by molar-refractivity contribution is 5.87. The van der Waals surface area contributed by atoms with Crippen LogP contribution in [0.2, 0.25) is 0 Å². The highest BCUT2D eigenvalue weighted by atomic mass is 16.4. The average Bonchev–Trinajstić information content (AvgIpc) is 2.60. The molecule has 0 amide bonds. The molecule has 2 aromatic rings. The summed E-state index contributed by atoms with van der Waals surface area (Å²) in [7, 11) is 0. The summed E-state index contributed by atoms with van der Waals surface area (Å²) in [4.78, 5) is 10.9. The number of hydrogen-bond donors (Lipinski definition) is 3. The van der Waals surface area contributed by atoms with Crippen LogP contribution < -0.4 is 5.73 Å². The monoisotopic (exact) mass is 219 g/mol. The number of carbonyl (C=O) groups is 1. The fourth-order valence-corrected chi connectivity index (χ4v) is 1.37. The molecule has 0 saturated carbocycles. The summed E-state index contributed by atoms with van der Waals surface area (Å²) >= 11 is 0. The number of nitrogens with two attached hydrogens (primary N) is 1. The zero-order valence-corrected chi connectivity index (χ0v) is 8.16. The molecule has 0 fully saturated rings. The van der Waals surface area contributed by atoms with Gasteiger partial charge < -0.3 is 15.9 Å². The third-order valence-electron chi connectivity index (χ3n) is 2.02. The number of phenols is 1. The van der Waals surface area contributed by atoms with Crippen LogP contribution in [-0.2, 0) is 0 Å². The van der Waals surface area contributed by atoms with E-state index in [0.29, 0.717) is 5.69 Å². The van der Waals surface area contributed by atoms with Crippen LogP contribution in [0, 0.1) is 0 Å². The van der Waals surface area contributed by atoms with Gasteiger partial charge in [-0.2, -0.15) is 0 Å². The molecule has 0 spiro atoms. The van der Waals surface area contributed by atoms with Gasteiger partial charge in [0.05, 0.1) is 5.69 Å². The molecule has 6 heteroatoms. The molecule has 0 atom stereocenters. The minimum absolute atomic E-state index is 0.0305. The molecule has 82 valence electrons. The Kier molecular flexibility index (Phi) is 2.24. The van der Waals surface area contributed by atoms with Crippen molar-refractivity contribution in [3.05, 3.63) is 36.0 Å². The van der Waals surface area contributed by atoms with Gasteiger partial charge in [-0.05, 0) is 12.1 Å². The van der Waals surface area contributed by atoms with Gasteiger partial charge in [-0.25, -0.2) is 9.48 Å². The largest absolute Gasteiger partial charge is 0.508 e. The van der Waals surface area contributed by atoms with E-state index in [4.69, 9.17) is 10.8 Å². The van der Waals surface area contributed by atoms with Crippen molar-refractivity contribution in [3.63, 3.8) is 0 Å². The van der Waals surface area contributed by atoms with E-state index in [2.05, 4.69) is 5.10 Å². The summed E-state index contributed by atoms with van der Waals surface area (Å²) in [6, 6.07) is 7.36. The summed E-state index contributed by atoms with van der Waals surface area (Å²) in [6.45, 7) is 0. The first-order chi connectivity index (χ1) is 7.58. The van der Waals surface area contributed by atoms with Crippen LogP contribution in [0.25, 0.3) is 5.69 Å². The third-order valence-corrected chi connectivity index (χ3v) is 2.02. The second-order valence-corrected chi connectivity index (χ2v) is 3.19. The zero-order chi connectivity index (χ0) is 11.7. The van der Waals surface area contributed by atoms with Gasteiger partial charge in [0.2, 0.25) is 0 Å². The summed E-state index contributed by atoms with van der Waals surface area (Å²) < 4.78 is 1.16. The molecule has 4 N–H and O–H groups in total. The smallest absolute Gasteiger partial charge is 0.354 e. The van der Waals surface area contributed by atoms with Gasteiger partial charge in [0.1, 0.15) is 11.6 Å². The predicted octanol–water partition coefficient (Wildman–Crippen LogP) is 0.858. The zero-order valence-electron chi connectivity index (χ0n) is 8.16. The van der Waals surface area contributed by atoms with Gasteiger partial charge >= 0.3 is 5.97 Å². The van der Waals surface area contributed by atoms with Crippen LogP contribution in [0.3, 0.4) is 0 Å². The Hall–Kier alpha value is -2.50. The van der Waals surface area contributed by atoms with E-state index < -0.39 is 5.97 Å². The Balaban J connectivity index is 2.59. The Morgan fingerprint density at radius 3 is 2.75 bits per heavy atom. The number of aromatic hydroxyl groups is 1. The Bertz CT molecular complexity index is 548. The molecule has 2 rings (SSSR count). The summed E-state index contributed by atoms with van der Waals surface area (Å²) in [5, 5.41) is 22.1. The molecule has 0 radical (unpaired) electrons. The van der Waals surface area contributed by atoms with Gasteiger partial charge in [-0.3, -0.25) is 0 Å². The first-order valence-corrected chi connectivity index (χ1v) is 4.46. The SMILES string of the molecule is Nc1cc(C(=O)O)n(-c2cccc(O)c2)n1. The summed E-state index contributed by atoms with van der Waals surface area (Å²) in [5.74, 6) is -0.990. The van der Waals surface area contributed by atoms with E-state index >= 15 is 0 Å². The number of carboxylic acids is 1. The van der Waals surface area contributed by atoms with Crippen molar-refractivity contribution in [1.82, 2.24) is 9.78 Å². The lowest BCUT2D eigenvalue weighted by molar-refractivity contribution is 0.0687. The molecule has 1 aromatic heterocycles. The normalized spacial score (nSPS) is 10.2. The number of carboxylic acid groups (broad SMARTS) is 1. The third kappa shape index (κ3) is 1.68. The number of aromatic carboxylic acids is 1. The van der Waals surface area contributed by atoms with E-state index in [-0.39, 0.29) is 17.3 Å². The van der Waals surface area contributed by atoms with Crippen molar-refractivity contribution >= 4 is 11.8 Å². The topological polar surface area (TPSA) is 101 Å². The van der Waals surface area contributed by atoms with E-state index in [9.17, 15) is 9.90 Å². The lowest BCUT2D eigenvalue weighted by Gasteiger charge is -2.04. The molecule has 0 unspecified atom stereocenters. The maximum Gasteiger partial charge on any atom is 0.354 e. The number of rotatable bonds is 2. The van der Waals surface area contributed by atoms with Crippen molar-refractivity contribution in [2.24, 2.45) is 0 Å². The van der Waals surface area contributed by atoms with Crippen LogP contribution in [0.4, 0.5) is 5.82 Å². The summed E-state index contributed by atoms with van der Waals surface area (Å²) in [5.41, 5.74) is 5.82. The molecule has 0 saturated heterocycles. The number of anilines is 1. The van der Waals surface area contributed by atoms with Crippen LogP contribution in [0.1, 0.15) is 10.5 Å². The molecule has 16 heavy (non-hydrogen) atoms. The average molecular weight is 219 g/mol. The van der Waals surface area contributed by atoms with Crippen molar-refractivity contribution in [2.75, 3.05) is 5.73 Å². The van der Waals surface area contributed by atoms with Crippen LogP contribution in [-0.4, -0.2) is 26.0 Å². The van der Waals surface area contributed by atoms with Crippen LogP contribution in [0.5, 0.6) is 5.75 Å². The van der Waals surface area contributed by atoms with Gasteiger partial charge in [-0.15, -0.1) is 5.10 Å². The van der Waals surface area contributed by atoms with E-state index in [1.807, 2.05) is 0 Å². The Morgan fingerprint density at radius 2 is 2.12 bits per heavy atom. The molecule has 1 heterocycles.